The minimum absolute atomic E-state index is 0.508. The van der Waals surface area contributed by atoms with Crippen LogP contribution in [0.4, 0.5) is 5.82 Å². The van der Waals surface area contributed by atoms with Crippen molar-refractivity contribution in [3.63, 3.8) is 0 Å². The number of nitrogens with zero attached hydrogens (tertiary/aromatic N) is 3. The van der Waals surface area contributed by atoms with E-state index in [-0.39, 0.29) is 0 Å². The standard InChI is InChI=1S/C16H22N4/c1-12-14-7-2-3-8-15(14)16(19-18-12)20-11-5-4-6-13(20)9-10-17/h2-3,7-8,13H,4-6,9-11,17H2,1H3. The Balaban J connectivity index is 2.06. The van der Waals surface area contributed by atoms with Crippen molar-refractivity contribution in [3.8, 4) is 0 Å². The molecular formula is C16H22N4. The molecule has 0 saturated carbocycles. The topological polar surface area (TPSA) is 55.0 Å². The number of hydrogen-bond acceptors (Lipinski definition) is 4. The summed E-state index contributed by atoms with van der Waals surface area (Å²) in [6.45, 7) is 3.82. The van der Waals surface area contributed by atoms with Crippen molar-refractivity contribution in [3.05, 3.63) is 30.0 Å². The number of fused-ring (bicyclic) bond motifs is 1. The molecule has 1 saturated heterocycles. The first kappa shape index (κ1) is 13.3. The van der Waals surface area contributed by atoms with Gasteiger partial charge in [-0.25, -0.2) is 0 Å². The molecule has 4 heteroatoms. The molecule has 2 heterocycles. The van der Waals surface area contributed by atoms with Gasteiger partial charge in [0.25, 0.3) is 0 Å². The van der Waals surface area contributed by atoms with Gasteiger partial charge in [-0.2, -0.15) is 5.10 Å². The van der Waals surface area contributed by atoms with Gasteiger partial charge in [0.2, 0.25) is 0 Å². The highest BCUT2D eigenvalue weighted by Crippen LogP contribution is 2.31. The summed E-state index contributed by atoms with van der Waals surface area (Å²) in [6.07, 6.45) is 4.76. The number of rotatable bonds is 3. The summed E-state index contributed by atoms with van der Waals surface area (Å²) in [5, 5.41) is 11.3. The van der Waals surface area contributed by atoms with Gasteiger partial charge >= 0.3 is 0 Å². The van der Waals surface area contributed by atoms with Crippen LogP contribution in [0.3, 0.4) is 0 Å². The summed E-state index contributed by atoms with van der Waals surface area (Å²) in [6, 6.07) is 8.93. The van der Waals surface area contributed by atoms with Crippen molar-refractivity contribution in [2.75, 3.05) is 18.0 Å². The van der Waals surface area contributed by atoms with Gasteiger partial charge in [0.1, 0.15) is 0 Å². The third kappa shape index (κ3) is 2.36. The van der Waals surface area contributed by atoms with Gasteiger partial charge in [-0.3, -0.25) is 0 Å². The Hall–Kier alpha value is -1.68. The molecule has 3 rings (SSSR count). The van der Waals surface area contributed by atoms with Crippen molar-refractivity contribution in [2.45, 2.75) is 38.6 Å². The van der Waals surface area contributed by atoms with Crippen LogP contribution in [0, 0.1) is 6.92 Å². The van der Waals surface area contributed by atoms with E-state index in [0.29, 0.717) is 6.04 Å². The second-order valence-electron chi connectivity index (χ2n) is 5.57. The lowest BCUT2D eigenvalue weighted by Gasteiger charge is -2.37. The van der Waals surface area contributed by atoms with E-state index >= 15 is 0 Å². The zero-order valence-corrected chi connectivity index (χ0v) is 12.0. The normalized spacial score (nSPS) is 19.5. The van der Waals surface area contributed by atoms with Crippen LogP contribution in [-0.4, -0.2) is 29.3 Å². The third-order valence-electron chi connectivity index (χ3n) is 4.25. The van der Waals surface area contributed by atoms with Crippen LogP contribution in [0.25, 0.3) is 10.8 Å². The summed E-state index contributed by atoms with van der Waals surface area (Å²) in [7, 11) is 0. The van der Waals surface area contributed by atoms with Crippen molar-refractivity contribution < 1.29 is 0 Å². The summed E-state index contributed by atoms with van der Waals surface area (Å²) in [4.78, 5) is 2.42. The largest absolute Gasteiger partial charge is 0.352 e. The van der Waals surface area contributed by atoms with Gasteiger partial charge in [0, 0.05) is 23.4 Å². The van der Waals surface area contributed by atoms with Gasteiger partial charge in [0.15, 0.2) is 5.82 Å². The van der Waals surface area contributed by atoms with Crippen LogP contribution in [0.1, 0.15) is 31.4 Å². The molecule has 1 atom stereocenters. The monoisotopic (exact) mass is 270 g/mol. The molecule has 1 unspecified atom stereocenters. The first-order valence-corrected chi connectivity index (χ1v) is 7.50. The maximum atomic E-state index is 5.77. The predicted molar refractivity (Wildman–Crippen MR) is 82.9 cm³/mol. The average molecular weight is 270 g/mol. The van der Waals surface area contributed by atoms with E-state index in [4.69, 9.17) is 5.73 Å². The molecule has 2 N–H and O–H groups in total. The zero-order valence-electron chi connectivity index (χ0n) is 12.0. The molecule has 1 aliphatic heterocycles. The summed E-state index contributed by atoms with van der Waals surface area (Å²) < 4.78 is 0. The van der Waals surface area contributed by atoms with Crippen molar-refractivity contribution in [1.29, 1.82) is 0 Å². The van der Waals surface area contributed by atoms with Crippen molar-refractivity contribution in [2.24, 2.45) is 5.73 Å². The smallest absolute Gasteiger partial charge is 0.159 e. The Bertz CT molecular complexity index is 594. The number of hydrogen-bond donors (Lipinski definition) is 1. The first-order chi connectivity index (χ1) is 9.81. The Morgan fingerprint density at radius 3 is 2.80 bits per heavy atom. The number of aryl methyl sites for hydroxylation is 1. The van der Waals surface area contributed by atoms with E-state index in [1.165, 1.54) is 30.0 Å². The Labute approximate surface area is 120 Å². The highest BCUT2D eigenvalue weighted by molar-refractivity contribution is 5.93. The summed E-state index contributed by atoms with van der Waals surface area (Å²) in [5.74, 6) is 1.03. The molecule has 1 aromatic carbocycles. The minimum Gasteiger partial charge on any atom is -0.352 e. The number of anilines is 1. The van der Waals surface area contributed by atoms with E-state index in [2.05, 4.69) is 39.4 Å². The average Bonchev–Trinajstić information content (AvgIpc) is 2.49. The molecule has 1 aromatic heterocycles. The molecule has 20 heavy (non-hydrogen) atoms. The van der Waals surface area contributed by atoms with E-state index in [9.17, 15) is 0 Å². The van der Waals surface area contributed by atoms with Crippen LogP contribution in [0.2, 0.25) is 0 Å². The van der Waals surface area contributed by atoms with Gasteiger partial charge < -0.3 is 10.6 Å². The lowest BCUT2D eigenvalue weighted by atomic mass is 9.98. The number of aromatic nitrogens is 2. The van der Waals surface area contributed by atoms with Crippen molar-refractivity contribution in [1.82, 2.24) is 10.2 Å². The van der Waals surface area contributed by atoms with Crippen LogP contribution in [0.15, 0.2) is 24.3 Å². The molecule has 0 amide bonds. The Morgan fingerprint density at radius 2 is 2.00 bits per heavy atom. The molecule has 0 bridgehead atoms. The fourth-order valence-corrected chi connectivity index (χ4v) is 3.21. The molecule has 0 radical (unpaired) electrons. The molecule has 106 valence electrons. The van der Waals surface area contributed by atoms with E-state index in [1.54, 1.807) is 0 Å². The molecule has 0 aliphatic carbocycles. The fraction of sp³-hybridized carbons (Fsp3) is 0.500. The van der Waals surface area contributed by atoms with Crippen LogP contribution in [0.5, 0.6) is 0 Å². The predicted octanol–water partition coefficient (Wildman–Crippen LogP) is 2.65. The number of benzene rings is 1. The Morgan fingerprint density at radius 1 is 1.20 bits per heavy atom. The molecule has 1 aliphatic rings. The maximum Gasteiger partial charge on any atom is 0.159 e. The van der Waals surface area contributed by atoms with Gasteiger partial charge in [0.05, 0.1) is 5.69 Å². The number of piperidine rings is 1. The molecule has 0 spiro atoms. The molecule has 2 aromatic rings. The van der Waals surface area contributed by atoms with Crippen LogP contribution in [-0.2, 0) is 0 Å². The maximum absolute atomic E-state index is 5.77. The molecule has 4 nitrogen and oxygen atoms in total. The second kappa shape index (κ2) is 5.75. The van der Waals surface area contributed by atoms with Gasteiger partial charge in [-0.05, 0) is 39.2 Å². The summed E-state index contributed by atoms with van der Waals surface area (Å²) >= 11 is 0. The SMILES string of the molecule is Cc1nnc(N2CCCCC2CCN)c2ccccc12. The lowest BCUT2D eigenvalue weighted by Crippen LogP contribution is -2.41. The lowest BCUT2D eigenvalue weighted by molar-refractivity contribution is 0.438. The van der Waals surface area contributed by atoms with Crippen molar-refractivity contribution >= 4 is 16.6 Å². The second-order valence-corrected chi connectivity index (χ2v) is 5.57. The van der Waals surface area contributed by atoms with Gasteiger partial charge in [-0.15, -0.1) is 5.10 Å². The molecular weight excluding hydrogens is 248 g/mol. The highest BCUT2D eigenvalue weighted by Gasteiger charge is 2.24. The number of nitrogens with two attached hydrogens (primary N) is 1. The zero-order chi connectivity index (χ0) is 13.9. The quantitative estimate of drug-likeness (QED) is 0.931. The fourth-order valence-electron chi connectivity index (χ4n) is 3.21. The minimum atomic E-state index is 0.508. The van der Waals surface area contributed by atoms with E-state index < -0.39 is 0 Å². The third-order valence-corrected chi connectivity index (χ3v) is 4.25. The van der Waals surface area contributed by atoms with Crippen LogP contribution < -0.4 is 10.6 Å². The summed E-state index contributed by atoms with van der Waals surface area (Å²) in [5.41, 5.74) is 6.77. The first-order valence-electron chi connectivity index (χ1n) is 7.50. The highest BCUT2D eigenvalue weighted by atomic mass is 15.3. The molecule has 1 fully saturated rings. The Kier molecular flexibility index (Phi) is 3.83. The van der Waals surface area contributed by atoms with E-state index in [1.807, 2.05) is 6.92 Å². The van der Waals surface area contributed by atoms with Gasteiger partial charge in [-0.1, -0.05) is 24.3 Å². The van der Waals surface area contributed by atoms with E-state index in [0.717, 1.165) is 31.0 Å². The van der Waals surface area contributed by atoms with Crippen LogP contribution >= 0.6 is 0 Å².